The van der Waals surface area contributed by atoms with E-state index in [1.807, 2.05) is 0 Å². The fraction of sp³-hybridized carbons (Fsp3) is 0. The van der Waals surface area contributed by atoms with E-state index < -0.39 is 8.07 Å². The predicted molar refractivity (Wildman–Crippen MR) is 264 cm³/mol. The Morgan fingerprint density at radius 3 is 1.46 bits per heavy atom. The lowest BCUT2D eigenvalue weighted by atomic mass is 10.1. The smallest absolute Gasteiger partial charge is 0.185 e. The van der Waals surface area contributed by atoms with E-state index in [9.17, 15) is 0 Å². The van der Waals surface area contributed by atoms with Crippen molar-refractivity contribution in [2.45, 2.75) is 0 Å². The van der Waals surface area contributed by atoms with Gasteiger partial charge in [-0.25, -0.2) is 9.97 Å². The van der Waals surface area contributed by atoms with Gasteiger partial charge in [0.15, 0.2) is 13.9 Å². The highest BCUT2D eigenvalue weighted by Crippen LogP contribution is 2.42. The van der Waals surface area contributed by atoms with E-state index in [1.54, 1.807) is 0 Å². The summed E-state index contributed by atoms with van der Waals surface area (Å²) in [5.41, 5.74) is 12.1. The highest BCUT2D eigenvalue weighted by Gasteiger charge is 2.51. The zero-order valence-corrected chi connectivity index (χ0v) is 35.2. The van der Waals surface area contributed by atoms with E-state index >= 15 is 0 Å². The Morgan fingerprint density at radius 2 is 0.825 bits per heavy atom. The van der Waals surface area contributed by atoms with Crippen LogP contribution in [-0.4, -0.2) is 27.2 Å². The van der Waals surface area contributed by atoms with E-state index in [0.717, 1.165) is 45.2 Å². The first kappa shape index (κ1) is 35.6. The van der Waals surface area contributed by atoms with Crippen molar-refractivity contribution >= 4 is 72.4 Å². The van der Waals surface area contributed by atoms with Gasteiger partial charge in [-0.2, -0.15) is 0 Å². The number of aromatic nitrogens is 4. The molecule has 4 heterocycles. The fourth-order valence-corrected chi connectivity index (χ4v) is 15.9. The zero-order valence-electron chi connectivity index (χ0n) is 34.2. The highest BCUT2D eigenvalue weighted by atomic mass is 28.3. The molecule has 0 N–H and O–H groups in total. The van der Waals surface area contributed by atoms with Crippen LogP contribution >= 0.6 is 0 Å². The molecule has 0 bridgehead atoms. The van der Waals surface area contributed by atoms with Crippen LogP contribution in [-0.2, 0) is 0 Å². The summed E-state index contributed by atoms with van der Waals surface area (Å²) < 4.78 is 4.94. The summed E-state index contributed by atoms with van der Waals surface area (Å²) in [5.74, 6) is 0.724. The second kappa shape index (κ2) is 14.0. The Balaban J connectivity index is 1.16. The molecular weight excluding hydrogens is 781 g/mol. The van der Waals surface area contributed by atoms with Crippen molar-refractivity contribution in [3.63, 3.8) is 0 Å². The SMILES string of the molecule is c1ccc(-c2nc(-c3cccc(-n4c5ccccc5c5ccc6c7ccccc7n(-c7ccccc7)c6c54)c3)c3c(n2)-c2ccccc2[Si]3(c2ccccc2)c2ccccc2)cc1. The molecule has 1 aliphatic heterocycles. The van der Waals surface area contributed by atoms with Gasteiger partial charge in [-0.05, 0) is 52.0 Å². The number of fused-ring (bicyclic) bond motifs is 10. The Morgan fingerprint density at radius 1 is 0.349 bits per heavy atom. The molecule has 0 fully saturated rings. The molecule has 3 aromatic heterocycles. The summed E-state index contributed by atoms with van der Waals surface area (Å²) in [5, 5.41) is 10.1. The third-order valence-corrected chi connectivity index (χ3v) is 18.0. The van der Waals surface area contributed by atoms with Gasteiger partial charge >= 0.3 is 0 Å². The first-order chi connectivity index (χ1) is 31.3. The first-order valence-electron chi connectivity index (χ1n) is 21.6. The molecule has 4 nitrogen and oxygen atoms in total. The molecule has 1 aliphatic rings. The molecule has 9 aromatic carbocycles. The first-order valence-corrected chi connectivity index (χ1v) is 23.6. The van der Waals surface area contributed by atoms with Gasteiger partial charge in [0.2, 0.25) is 0 Å². The van der Waals surface area contributed by atoms with Crippen LogP contribution in [0.15, 0.2) is 231 Å². The minimum absolute atomic E-state index is 0.724. The van der Waals surface area contributed by atoms with Crippen molar-refractivity contribution < 1.29 is 0 Å². The van der Waals surface area contributed by atoms with Crippen molar-refractivity contribution in [3.8, 4) is 45.3 Å². The van der Waals surface area contributed by atoms with E-state index in [-0.39, 0.29) is 0 Å². The molecule has 0 unspecified atom stereocenters. The molecule has 0 saturated carbocycles. The fourth-order valence-electron chi connectivity index (χ4n) is 10.6. The maximum absolute atomic E-state index is 5.70. The maximum atomic E-state index is 5.70. The number of nitrogens with zero attached hydrogens (tertiary/aromatic N) is 4. The molecule has 63 heavy (non-hydrogen) atoms. The Kier molecular flexibility index (Phi) is 7.89. The summed E-state index contributed by atoms with van der Waals surface area (Å²) in [6.07, 6.45) is 0. The van der Waals surface area contributed by atoms with Crippen LogP contribution in [0.5, 0.6) is 0 Å². The standard InChI is InChI=1S/C58H38N4Si/c1-5-20-39(21-6-1)58-59-53(57-54(60-58)49-32-15-18-35-52(49)63(57,43-26-9-3-10-27-43)44-28-11-4-12-29-44)40-22-19-25-42(38-40)62-51-34-17-14-31-46(51)48-37-36-47-45-30-13-16-33-50(45)61(55(47)56(48)62)41-23-7-2-8-24-41/h1-38H. The molecule has 0 amide bonds. The monoisotopic (exact) mass is 818 g/mol. The maximum Gasteiger partial charge on any atom is 0.185 e. The van der Waals surface area contributed by atoms with Crippen LogP contribution in [0.3, 0.4) is 0 Å². The summed E-state index contributed by atoms with van der Waals surface area (Å²) in [6.45, 7) is 0. The van der Waals surface area contributed by atoms with Crippen LogP contribution < -0.4 is 20.7 Å². The molecule has 0 saturated heterocycles. The lowest BCUT2D eigenvalue weighted by Gasteiger charge is -2.32. The van der Waals surface area contributed by atoms with Crippen LogP contribution in [0, 0.1) is 0 Å². The van der Waals surface area contributed by atoms with E-state index in [4.69, 9.17) is 9.97 Å². The quantitative estimate of drug-likeness (QED) is 0.157. The molecule has 0 atom stereocenters. The molecule has 294 valence electrons. The van der Waals surface area contributed by atoms with Gasteiger partial charge in [0.1, 0.15) is 0 Å². The largest absolute Gasteiger partial charge is 0.307 e. The van der Waals surface area contributed by atoms with Gasteiger partial charge in [0, 0.05) is 54.8 Å². The van der Waals surface area contributed by atoms with Gasteiger partial charge < -0.3 is 9.13 Å². The summed E-state index contributed by atoms with van der Waals surface area (Å²) in [6, 6.07) is 83.9. The van der Waals surface area contributed by atoms with Crippen molar-refractivity contribution in [2.75, 3.05) is 0 Å². The highest BCUT2D eigenvalue weighted by molar-refractivity contribution is 7.22. The van der Waals surface area contributed by atoms with Crippen molar-refractivity contribution in [3.05, 3.63) is 231 Å². The van der Waals surface area contributed by atoms with Crippen LogP contribution in [0.4, 0.5) is 0 Å². The second-order valence-corrected chi connectivity index (χ2v) is 20.2. The Hall–Kier alpha value is -8.12. The molecule has 13 rings (SSSR count). The topological polar surface area (TPSA) is 35.6 Å². The van der Waals surface area contributed by atoms with Gasteiger partial charge in [-0.3, -0.25) is 0 Å². The van der Waals surface area contributed by atoms with Crippen molar-refractivity contribution in [2.24, 2.45) is 0 Å². The minimum atomic E-state index is -2.98. The number of benzene rings is 9. The molecule has 0 aliphatic carbocycles. The van der Waals surface area contributed by atoms with Crippen molar-refractivity contribution in [1.29, 1.82) is 0 Å². The van der Waals surface area contributed by atoms with Gasteiger partial charge in [0.05, 0.1) is 33.5 Å². The van der Waals surface area contributed by atoms with Crippen LogP contribution in [0.25, 0.3) is 88.9 Å². The van der Waals surface area contributed by atoms with E-state index in [1.165, 1.54) is 64.4 Å². The van der Waals surface area contributed by atoms with Gasteiger partial charge in [-0.15, -0.1) is 0 Å². The minimum Gasteiger partial charge on any atom is -0.307 e. The molecule has 0 radical (unpaired) electrons. The summed E-state index contributed by atoms with van der Waals surface area (Å²) in [4.78, 5) is 11.3. The number of hydrogen-bond donors (Lipinski definition) is 0. The lowest BCUT2D eigenvalue weighted by molar-refractivity contribution is 1.15. The molecule has 5 heteroatoms. The average molecular weight is 819 g/mol. The molecule has 12 aromatic rings. The van der Waals surface area contributed by atoms with E-state index in [2.05, 4.69) is 240 Å². The van der Waals surface area contributed by atoms with Gasteiger partial charge in [-0.1, -0.05) is 194 Å². The van der Waals surface area contributed by atoms with Crippen molar-refractivity contribution in [1.82, 2.24) is 19.1 Å². The summed E-state index contributed by atoms with van der Waals surface area (Å²) in [7, 11) is -2.98. The third kappa shape index (κ3) is 5.14. The summed E-state index contributed by atoms with van der Waals surface area (Å²) >= 11 is 0. The third-order valence-electron chi connectivity index (χ3n) is 13.2. The Labute approximate surface area is 365 Å². The molecular formula is C58H38N4Si. The normalized spacial score (nSPS) is 12.9. The Bertz CT molecular complexity index is 3690. The van der Waals surface area contributed by atoms with Gasteiger partial charge in [0.25, 0.3) is 0 Å². The zero-order chi connectivity index (χ0) is 41.5. The number of hydrogen-bond acceptors (Lipinski definition) is 2. The second-order valence-electron chi connectivity index (χ2n) is 16.5. The predicted octanol–water partition coefficient (Wildman–Crippen LogP) is 11.4. The lowest BCUT2D eigenvalue weighted by Crippen LogP contribution is -2.73. The average Bonchev–Trinajstić information content (AvgIpc) is 3.99. The molecule has 0 spiro atoms. The van der Waals surface area contributed by atoms with Crippen LogP contribution in [0.2, 0.25) is 0 Å². The van der Waals surface area contributed by atoms with Crippen LogP contribution in [0.1, 0.15) is 0 Å². The number of para-hydroxylation sites is 3. The van der Waals surface area contributed by atoms with E-state index in [0.29, 0.717) is 0 Å². The number of rotatable bonds is 6.